The van der Waals surface area contributed by atoms with Gasteiger partial charge in [0.05, 0.1) is 24.8 Å². The number of aromatic nitrogens is 1. The number of sulfonamides is 1. The third kappa shape index (κ3) is 3.42. The van der Waals surface area contributed by atoms with E-state index in [1.54, 1.807) is 23.6 Å². The fourth-order valence-electron chi connectivity index (χ4n) is 2.20. The van der Waals surface area contributed by atoms with E-state index in [1.165, 1.54) is 49.1 Å². The van der Waals surface area contributed by atoms with Gasteiger partial charge < -0.3 is 9.15 Å². The lowest BCUT2D eigenvalue weighted by Crippen LogP contribution is -2.31. The number of hydrogen-bond donors (Lipinski definition) is 0. The molecule has 0 radical (unpaired) electrons. The first-order valence-corrected chi connectivity index (χ1v) is 9.48. The second kappa shape index (κ2) is 7.08. The van der Waals surface area contributed by atoms with E-state index in [1.807, 2.05) is 0 Å². The van der Waals surface area contributed by atoms with Crippen LogP contribution in [0.15, 0.2) is 63.6 Å². The number of benzene rings is 1. The molecule has 0 N–H and O–H groups in total. The molecule has 0 aliphatic rings. The van der Waals surface area contributed by atoms with Crippen molar-refractivity contribution in [3.8, 4) is 0 Å². The summed E-state index contributed by atoms with van der Waals surface area (Å²) in [6.45, 7) is -0.178. The Labute approximate surface area is 148 Å². The van der Waals surface area contributed by atoms with Gasteiger partial charge in [0.15, 0.2) is 5.13 Å². The van der Waals surface area contributed by atoms with Crippen molar-refractivity contribution in [2.45, 2.75) is 11.4 Å². The van der Waals surface area contributed by atoms with Gasteiger partial charge in [0, 0.05) is 11.6 Å². The van der Waals surface area contributed by atoms with Crippen LogP contribution in [0, 0.1) is 0 Å². The zero-order valence-electron chi connectivity index (χ0n) is 13.2. The van der Waals surface area contributed by atoms with Gasteiger partial charge in [-0.2, -0.15) is 0 Å². The second-order valence-electron chi connectivity index (χ2n) is 4.89. The number of nitrogens with zero attached hydrogens (tertiary/aromatic N) is 2. The predicted molar refractivity (Wildman–Crippen MR) is 92.0 cm³/mol. The standard InChI is InChI=1S/C16H14N2O5S2/c1-22-15(19)13-7-9-23-14(13)11-18(16-17-8-10-24-16)25(20,21)12-5-3-2-4-6-12/h2-10H,11H2,1H3. The topological polar surface area (TPSA) is 89.7 Å². The zero-order chi connectivity index (χ0) is 17.9. The van der Waals surface area contributed by atoms with Crippen LogP contribution in [0.4, 0.5) is 5.13 Å². The average Bonchev–Trinajstić information content (AvgIpc) is 3.31. The highest BCUT2D eigenvalue weighted by molar-refractivity contribution is 7.93. The number of thiazole rings is 1. The number of hydrogen-bond acceptors (Lipinski definition) is 7. The number of esters is 1. The molecule has 130 valence electrons. The molecule has 0 saturated carbocycles. The van der Waals surface area contributed by atoms with Crippen molar-refractivity contribution in [1.29, 1.82) is 0 Å². The summed E-state index contributed by atoms with van der Waals surface area (Å²) < 4.78 is 37.2. The van der Waals surface area contributed by atoms with Gasteiger partial charge in [0.25, 0.3) is 10.0 Å². The van der Waals surface area contributed by atoms with E-state index >= 15 is 0 Å². The molecule has 0 spiro atoms. The lowest BCUT2D eigenvalue weighted by molar-refractivity contribution is 0.0598. The Morgan fingerprint density at radius 2 is 2.04 bits per heavy atom. The highest BCUT2D eigenvalue weighted by Crippen LogP contribution is 2.28. The number of rotatable bonds is 6. The Bertz CT molecular complexity index is 950. The summed E-state index contributed by atoms with van der Waals surface area (Å²) in [4.78, 5) is 16.0. The van der Waals surface area contributed by atoms with Crippen molar-refractivity contribution < 1.29 is 22.4 Å². The van der Waals surface area contributed by atoms with Gasteiger partial charge in [-0.05, 0) is 18.2 Å². The molecular formula is C16H14N2O5S2. The van der Waals surface area contributed by atoms with Crippen molar-refractivity contribution in [1.82, 2.24) is 4.98 Å². The molecule has 3 aromatic rings. The maximum absolute atomic E-state index is 13.0. The van der Waals surface area contributed by atoms with Gasteiger partial charge in [-0.15, -0.1) is 11.3 Å². The summed E-state index contributed by atoms with van der Waals surface area (Å²) >= 11 is 1.17. The maximum Gasteiger partial charge on any atom is 0.341 e. The highest BCUT2D eigenvalue weighted by Gasteiger charge is 2.29. The van der Waals surface area contributed by atoms with Crippen LogP contribution in [0.3, 0.4) is 0 Å². The number of anilines is 1. The molecule has 3 rings (SSSR count). The number of carbonyl (C=O) groups excluding carboxylic acids is 1. The minimum absolute atomic E-state index is 0.122. The molecule has 0 unspecified atom stereocenters. The first-order valence-electron chi connectivity index (χ1n) is 7.16. The molecule has 9 heteroatoms. The van der Waals surface area contributed by atoms with Crippen LogP contribution in [-0.4, -0.2) is 26.5 Å². The summed E-state index contributed by atoms with van der Waals surface area (Å²) in [6.07, 6.45) is 2.83. The fraction of sp³-hybridized carbons (Fsp3) is 0.125. The summed E-state index contributed by atoms with van der Waals surface area (Å²) in [5.74, 6) is -0.415. The minimum Gasteiger partial charge on any atom is -0.466 e. The summed E-state index contributed by atoms with van der Waals surface area (Å²) in [7, 11) is -2.63. The van der Waals surface area contributed by atoms with Gasteiger partial charge >= 0.3 is 5.97 Å². The smallest absolute Gasteiger partial charge is 0.341 e. The van der Waals surface area contributed by atoms with Crippen LogP contribution in [-0.2, 0) is 21.3 Å². The van der Waals surface area contributed by atoms with Gasteiger partial charge in [-0.25, -0.2) is 22.5 Å². The van der Waals surface area contributed by atoms with Crippen LogP contribution in [0.1, 0.15) is 16.1 Å². The molecule has 2 aromatic heterocycles. The second-order valence-corrected chi connectivity index (χ2v) is 7.62. The van der Waals surface area contributed by atoms with Crippen LogP contribution < -0.4 is 4.31 Å². The quantitative estimate of drug-likeness (QED) is 0.613. The predicted octanol–water partition coefficient (Wildman–Crippen LogP) is 2.92. The lowest BCUT2D eigenvalue weighted by Gasteiger charge is -2.21. The molecule has 1 aromatic carbocycles. The largest absolute Gasteiger partial charge is 0.466 e. The molecule has 0 aliphatic heterocycles. The molecular weight excluding hydrogens is 364 g/mol. The third-order valence-electron chi connectivity index (χ3n) is 3.40. The number of ether oxygens (including phenoxy) is 1. The van der Waals surface area contributed by atoms with E-state index in [0.717, 1.165) is 4.31 Å². The Balaban J connectivity index is 2.04. The SMILES string of the molecule is COC(=O)c1ccoc1CN(c1nccs1)S(=O)(=O)c1ccccc1. The summed E-state index contributed by atoms with van der Waals surface area (Å²) in [6, 6.07) is 9.45. The van der Waals surface area contributed by atoms with E-state index in [0.29, 0.717) is 0 Å². The molecule has 0 atom stereocenters. The lowest BCUT2D eigenvalue weighted by atomic mass is 10.2. The first-order chi connectivity index (χ1) is 12.0. The Kier molecular flexibility index (Phi) is 4.86. The first kappa shape index (κ1) is 17.2. The summed E-state index contributed by atoms with van der Waals surface area (Å²) in [5.41, 5.74) is 0.173. The van der Waals surface area contributed by atoms with Crippen LogP contribution >= 0.6 is 11.3 Å². The van der Waals surface area contributed by atoms with E-state index < -0.39 is 16.0 Å². The zero-order valence-corrected chi connectivity index (χ0v) is 14.8. The average molecular weight is 378 g/mol. The van der Waals surface area contributed by atoms with E-state index in [9.17, 15) is 13.2 Å². The van der Waals surface area contributed by atoms with Crippen LogP contribution in [0.5, 0.6) is 0 Å². The highest BCUT2D eigenvalue weighted by atomic mass is 32.2. The van der Waals surface area contributed by atoms with Gasteiger partial charge in [-0.1, -0.05) is 18.2 Å². The normalized spacial score (nSPS) is 11.2. The number of furan rings is 1. The maximum atomic E-state index is 13.0. The molecule has 0 bridgehead atoms. The van der Waals surface area contributed by atoms with Gasteiger partial charge in [0.2, 0.25) is 0 Å². The van der Waals surface area contributed by atoms with E-state index in [4.69, 9.17) is 9.15 Å². The summed E-state index contributed by atoms with van der Waals surface area (Å²) in [5, 5.41) is 1.95. The molecule has 2 heterocycles. The monoisotopic (exact) mass is 378 g/mol. The van der Waals surface area contributed by atoms with Crippen LogP contribution in [0.2, 0.25) is 0 Å². The Hall–Kier alpha value is -2.65. The fourth-order valence-corrected chi connectivity index (χ4v) is 4.47. The number of methoxy groups -OCH3 is 1. The van der Waals surface area contributed by atoms with Crippen molar-refractivity contribution in [2.24, 2.45) is 0 Å². The minimum atomic E-state index is -3.88. The van der Waals surface area contributed by atoms with Gasteiger partial charge in [0.1, 0.15) is 11.3 Å². The molecule has 0 amide bonds. The van der Waals surface area contributed by atoms with Crippen LogP contribution in [0.25, 0.3) is 0 Å². The number of carbonyl (C=O) groups is 1. The molecule has 25 heavy (non-hydrogen) atoms. The Morgan fingerprint density at radius 1 is 1.28 bits per heavy atom. The van der Waals surface area contributed by atoms with Crippen molar-refractivity contribution in [3.63, 3.8) is 0 Å². The van der Waals surface area contributed by atoms with Crippen molar-refractivity contribution >= 4 is 32.5 Å². The molecule has 0 aliphatic carbocycles. The molecule has 0 fully saturated rings. The van der Waals surface area contributed by atoms with E-state index in [-0.39, 0.29) is 27.9 Å². The van der Waals surface area contributed by atoms with E-state index in [2.05, 4.69) is 4.98 Å². The van der Waals surface area contributed by atoms with Gasteiger partial charge in [-0.3, -0.25) is 0 Å². The van der Waals surface area contributed by atoms with Crippen molar-refractivity contribution in [3.05, 3.63) is 65.6 Å². The van der Waals surface area contributed by atoms with Crippen molar-refractivity contribution in [2.75, 3.05) is 11.4 Å². The third-order valence-corrected chi connectivity index (χ3v) is 6.06. The Morgan fingerprint density at radius 3 is 2.68 bits per heavy atom. The molecule has 7 nitrogen and oxygen atoms in total. The molecule has 0 saturated heterocycles.